The van der Waals surface area contributed by atoms with Gasteiger partial charge >= 0.3 is 0 Å². The first-order valence-electron chi connectivity index (χ1n) is 7.81. The Morgan fingerprint density at radius 2 is 2.19 bits per heavy atom. The third kappa shape index (κ3) is 4.99. The Morgan fingerprint density at radius 1 is 1.33 bits per heavy atom. The number of nitrogens with zero attached hydrogens (tertiary/aromatic N) is 1. The number of benzene rings is 1. The van der Waals surface area contributed by atoms with E-state index in [9.17, 15) is 0 Å². The highest BCUT2D eigenvalue weighted by Gasteiger charge is 2.18. The lowest BCUT2D eigenvalue weighted by Crippen LogP contribution is -2.38. The predicted molar refractivity (Wildman–Crippen MR) is 85.9 cm³/mol. The molecule has 0 aliphatic carbocycles. The Morgan fingerprint density at radius 3 is 2.81 bits per heavy atom. The zero-order chi connectivity index (χ0) is 15.1. The average Bonchev–Trinajstić information content (AvgIpc) is 2.98. The summed E-state index contributed by atoms with van der Waals surface area (Å²) < 4.78 is 10.6. The summed E-state index contributed by atoms with van der Waals surface area (Å²) in [6, 6.07) is 7.07. The normalized spacial score (nSPS) is 18.4. The Bertz CT molecular complexity index is 431. The fourth-order valence-corrected chi connectivity index (χ4v) is 2.98. The molecular formula is C17H28N2O2. The largest absolute Gasteiger partial charge is 0.496 e. The molecule has 1 aromatic rings. The number of ether oxygens (including phenoxy) is 2. The molecule has 1 atom stereocenters. The highest BCUT2D eigenvalue weighted by molar-refractivity contribution is 5.36. The molecule has 1 aromatic carbocycles. The number of nitrogens with one attached hydrogen (secondary N) is 1. The van der Waals surface area contributed by atoms with E-state index < -0.39 is 0 Å². The van der Waals surface area contributed by atoms with E-state index in [2.05, 4.69) is 35.3 Å². The molecular weight excluding hydrogens is 264 g/mol. The van der Waals surface area contributed by atoms with Crippen molar-refractivity contribution in [3.8, 4) is 5.75 Å². The Hall–Kier alpha value is -1.10. The molecule has 1 aliphatic heterocycles. The van der Waals surface area contributed by atoms with E-state index >= 15 is 0 Å². The first-order valence-corrected chi connectivity index (χ1v) is 7.81. The molecule has 0 radical (unpaired) electrons. The van der Waals surface area contributed by atoms with Crippen LogP contribution in [-0.2, 0) is 11.3 Å². The zero-order valence-electron chi connectivity index (χ0n) is 13.5. The second-order valence-corrected chi connectivity index (χ2v) is 5.83. The summed E-state index contributed by atoms with van der Waals surface area (Å²) in [4.78, 5) is 2.48. The lowest BCUT2D eigenvalue weighted by Gasteiger charge is -2.25. The quantitative estimate of drug-likeness (QED) is 0.796. The van der Waals surface area contributed by atoms with Crippen LogP contribution in [-0.4, -0.2) is 51.4 Å². The van der Waals surface area contributed by atoms with E-state index in [0.29, 0.717) is 6.04 Å². The predicted octanol–water partition coefficient (Wildman–Crippen LogP) is 2.20. The van der Waals surface area contributed by atoms with Gasteiger partial charge in [0.2, 0.25) is 0 Å². The van der Waals surface area contributed by atoms with Gasteiger partial charge in [-0.05, 0) is 43.5 Å². The lowest BCUT2D eigenvalue weighted by atomic mass is 10.1. The van der Waals surface area contributed by atoms with Gasteiger partial charge in [0, 0.05) is 32.8 Å². The van der Waals surface area contributed by atoms with Gasteiger partial charge in [-0.2, -0.15) is 0 Å². The van der Waals surface area contributed by atoms with Gasteiger partial charge in [0.1, 0.15) is 5.75 Å². The molecule has 4 nitrogen and oxygen atoms in total. The fraction of sp³-hybridized carbons (Fsp3) is 0.647. The molecule has 4 heteroatoms. The minimum absolute atomic E-state index is 0.626. The third-order valence-corrected chi connectivity index (χ3v) is 4.12. The summed E-state index contributed by atoms with van der Waals surface area (Å²) in [5.74, 6) is 0.958. The number of aryl methyl sites for hydroxylation is 1. The van der Waals surface area contributed by atoms with Gasteiger partial charge in [0.25, 0.3) is 0 Å². The van der Waals surface area contributed by atoms with E-state index in [1.54, 1.807) is 14.2 Å². The van der Waals surface area contributed by atoms with Crippen molar-refractivity contribution in [1.29, 1.82) is 0 Å². The van der Waals surface area contributed by atoms with Crippen LogP contribution in [0.4, 0.5) is 0 Å². The van der Waals surface area contributed by atoms with Gasteiger partial charge in [-0.1, -0.05) is 12.1 Å². The fourth-order valence-electron chi connectivity index (χ4n) is 2.98. The molecule has 0 bridgehead atoms. The highest BCUT2D eigenvalue weighted by Crippen LogP contribution is 2.20. The van der Waals surface area contributed by atoms with Gasteiger partial charge < -0.3 is 14.8 Å². The summed E-state index contributed by atoms with van der Waals surface area (Å²) in [7, 11) is 3.49. The molecule has 2 rings (SSSR count). The minimum atomic E-state index is 0.626. The van der Waals surface area contributed by atoms with Crippen molar-refractivity contribution in [2.45, 2.75) is 32.4 Å². The topological polar surface area (TPSA) is 33.7 Å². The van der Waals surface area contributed by atoms with Crippen molar-refractivity contribution in [2.24, 2.45) is 0 Å². The summed E-state index contributed by atoms with van der Waals surface area (Å²) in [5, 5.41) is 3.58. The van der Waals surface area contributed by atoms with Gasteiger partial charge in [0.05, 0.1) is 13.7 Å². The maximum absolute atomic E-state index is 5.33. The van der Waals surface area contributed by atoms with Gasteiger partial charge in [0.15, 0.2) is 0 Å². The van der Waals surface area contributed by atoms with Crippen molar-refractivity contribution in [3.05, 3.63) is 29.3 Å². The van der Waals surface area contributed by atoms with Crippen LogP contribution in [0.3, 0.4) is 0 Å². The monoisotopic (exact) mass is 292 g/mol. The Balaban J connectivity index is 1.97. The van der Waals surface area contributed by atoms with Crippen LogP contribution in [0.5, 0.6) is 5.75 Å². The molecule has 1 heterocycles. The summed E-state index contributed by atoms with van der Waals surface area (Å²) in [5.41, 5.74) is 2.53. The second kappa shape index (κ2) is 8.37. The molecule has 0 aromatic heterocycles. The Labute approximate surface area is 128 Å². The second-order valence-electron chi connectivity index (χ2n) is 5.83. The maximum Gasteiger partial charge on any atom is 0.121 e. The molecule has 118 valence electrons. The number of methoxy groups -OCH3 is 2. The highest BCUT2D eigenvalue weighted by atomic mass is 16.5. The van der Waals surface area contributed by atoms with E-state index in [1.807, 2.05) is 0 Å². The van der Waals surface area contributed by atoms with Crippen LogP contribution in [0.1, 0.15) is 24.0 Å². The SMILES string of the molecule is COCCN(Cc1ccc(OC)c(C)c1)CC1CCCN1. The zero-order valence-corrected chi connectivity index (χ0v) is 13.5. The lowest BCUT2D eigenvalue weighted by molar-refractivity contribution is 0.138. The first-order chi connectivity index (χ1) is 10.2. The van der Waals surface area contributed by atoms with Crippen LogP contribution >= 0.6 is 0 Å². The molecule has 1 aliphatic rings. The van der Waals surface area contributed by atoms with Crippen molar-refractivity contribution < 1.29 is 9.47 Å². The smallest absolute Gasteiger partial charge is 0.121 e. The van der Waals surface area contributed by atoms with E-state index in [4.69, 9.17) is 9.47 Å². The van der Waals surface area contributed by atoms with Crippen molar-refractivity contribution >= 4 is 0 Å². The molecule has 1 fully saturated rings. The van der Waals surface area contributed by atoms with Crippen LogP contribution < -0.4 is 10.1 Å². The number of rotatable bonds is 8. The molecule has 21 heavy (non-hydrogen) atoms. The standard InChI is InChI=1S/C17H28N2O2/c1-14-11-15(6-7-17(14)21-3)12-19(9-10-20-2)13-16-5-4-8-18-16/h6-7,11,16,18H,4-5,8-10,12-13H2,1-3H3. The van der Waals surface area contributed by atoms with E-state index in [-0.39, 0.29) is 0 Å². The van der Waals surface area contributed by atoms with Gasteiger partial charge in [-0.25, -0.2) is 0 Å². The molecule has 1 N–H and O–H groups in total. The van der Waals surface area contributed by atoms with Crippen LogP contribution in [0.2, 0.25) is 0 Å². The van der Waals surface area contributed by atoms with Gasteiger partial charge in [-0.3, -0.25) is 4.90 Å². The molecule has 0 amide bonds. The van der Waals surface area contributed by atoms with Crippen LogP contribution in [0, 0.1) is 6.92 Å². The molecule has 0 saturated carbocycles. The summed E-state index contributed by atoms with van der Waals surface area (Å²) in [6.07, 6.45) is 2.58. The van der Waals surface area contributed by atoms with Crippen LogP contribution in [0.15, 0.2) is 18.2 Å². The van der Waals surface area contributed by atoms with Crippen molar-refractivity contribution in [2.75, 3.05) is 40.5 Å². The van der Waals surface area contributed by atoms with Gasteiger partial charge in [-0.15, -0.1) is 0 Å². The summed E-state index contributed by atoms with van der Waals surface area (Å²) in [6.45, 7) is 7.06. The third-order valence-electron chi connectivity index (χ3n) is 4.12. The minimum Gasteiger partial charge on any atom is -0.496 e. The van der Waals surface area contributed by atoms with E-state index in [0.717, 1.165) is 38.5 Å². The molecule has 1 saturated heterocycles. The maximum atomic E-state index is 5.33. The average molecular weight is 292 g/mol. The van der Waals surface area contributed by atoms with Crippen molar-refractivity contribution in [1.82, 2.24) is 10.2 Å². The first kappa shape index (κ1) is 16.3. The number of hydrogen-bond donors (Lipinski definition) is 1. The van der Waals surface area contributed by atoms with E-state index in [1.165, 1.54) is 24.0 Å². The summed E-state index contributed by atoms with van der Waals surface area (Å²) >= 11 is 0. The molecule has 0 spiro atoms. The number of hydrogen-bond acceptors (Lipinski definition) is 4. The Kier molecular flexibility index (Phi) is 6.49. The molecule has 1 unspecified atom stereocenters. The van der Waals surface area contributed by atoms with Crippen LogP contribution in [0.25, 0.3) is 0 Å². The van der Waals surface area contributed by atoms with Crippen molar-refractivity contribution in [3.63, 3.8) is 0 Å².